The zero-order valence-electron chi connectivity index (χ0n) is 9.80. The average Bonchev–Trinajstić information content (AvgIpc) is 2.58. The number of hydrogen-bond donors (Lipinski definition) is 0. The molecule has 0 spiro atoms. The lowest BCUT2D eigenvalue weighted by atomic mass is 9.60. The summed E-state index contributed by atoms with van der Waals surface area (Å²) in [6.07, 6.45) is 1.65. The van der Waals surface area contributed by atoms with Crippen LogP contribution in [0.4, 0.5) is 0 Å². The number of thioether (sulfide) groups is 1. The van der Waals surface area contributed by atoms with Gasteiger partial charge in [-0.3, -0.25) is 4.79 Å². The maximum absolute atomic E-state index is 11.5. The minimum atomic E-state index is 0.190. The molecule has 0 N–H and O–H groups in total. The zero-order chi connectivity index (χ0) is 11.8. The second-order valence-electron chi connectivity index (χ2n) is 4.91. The van der Waals surface area contributed by atoms with E-state index >= 15 is 0 Å². The molecule has 0 amide bonds. The summed E-state index contributed by atoms with van der Waals surface area (Å²) in [7, 11) is 1.82. The number of aromatic nitrogens is 4. The van der Waals surface area contributed by atoms with Crippen molar-refractivity contribution in [2.24, 2.45) is 18.4 Å². The number of Topliss-reactive ketones (excluding diaryl/α,β-unsaturated/α-hetero) is 1. The fourth-order valence-electron chi connectivity index (χ4n) is 2.16. The van der Waals surface area contributed by atoms with Crippen molar-refractivity contribution < 1.29 is 4.79 Å². The molecule has 88 valence electrons. The molecule has 1 unspecified atom stereocenters. The number of carbonyl (C=O) groups is 1. The molecule has 0 bridgehead atoms. The molecule has 1 saturated carbocycles. The van der Waals surface area contributed by atoms with Crippen LogP contribution < -0.4 is 0 Å². The van der Waals surface area contributed by atoms with E-state index in [-0.39, 0.29) is 11.3 Å². The van der Waals surface area contributed by atoms with Crippen molar-refractivity contribution in [2.75, 3.05) is 5.75 Å². The molecule has 0 aliphatic heterocycles. The van der Waals surface area contributed by atoms with Gasteiger partial charge in [0, 0.05) is 25.1 Å². The van der Waals surface area contributed by atoms with E-state index in [1.165, 1.54) is 0 Å². The summed E-state index contributed by atoms with van der Waals surface area (Å²) in [6.45, 7) is 4.32. The van der Waals surface area contributed by atoms with Gasteiger partial charge in [0.15, 0.2) is 0 Å². The molecule has 0 aromatic carbocycles. The lowest BCUT2D eigenvalue weighted by molar-refractivity contribution is -0.140. The second-order valence-corrected chi connectivity index (χ2v) is 5.97. The lowest BCUT2D eigenvalue weighted by Gasteiger charge is -2.42. The molecule has 1 fully saturated rings. The van der Waals surface area contributed by atoms with Crippen molar-refractivity contribution in [3.8, 4) is 0 Å². The topological polar surface area (TPSA) is 60.7 Å². The summed E-state index contributed by atoms with van der Waals surface area (Å²) in [6, 6.07) is 0. The fourth-order valence-corrected chi connectivity index (χ4v) is 3.02. The fraction of sp³-hybridized carbons (Fsp3) is 0.800. The molecule has 1 aliphatic carbocycles. The lowest BCUT2D eigenvalue weighted by Crippen LogP contribution is -2.44. The van der Waals surface area contributed by atoms with E-state index in [9.17, 15) is 4.79 Å². The maximum atomic E-state index is 11.5. The first-order valence-corrected chi connectivity index (χ1v) is 6.37. The van der Waals surface area contributed by atoms with Crippen molar-refractivity contribution in [3.05, 3.63) is 0 Å². The van der Waals surface area contributed by atoms with Crippen LogP contribution >= 0.6 is 11.8 Å². The van der Waals surface area contributed by atoms with Gasteiger partial charge >= 0.3 is 0 Å². The second kappa shape index (κ2) is 4.16. The Balaban J connectivity index is 1.81. The van der Waals surface area contributed by atoms with Gasteiger partial charge in [0.25, 0.3) is 0 Å². The molecule has 1 aromatic heterocycles. The third-order valence-electron chi connectivity index (χ3n) is 3.18. The van der Waals surface area contributed by atoms with Crippen LogP contribution in [-0.2, 0) is 11.8 Å². The van der Waals surface area contributed by atoms with Gasteiger partial charge in [-0.1, -0.05) is 25.6 Å². The number of carbonyl (C=O) groups excluding carboxylic acids is 1. The highest BCUT2D eigenvalue weighted by molar-refractivity contribution is 7.99. The summed E-state index contributed by atoms with van der Waals surface area (Å²) in [5.41, 5.74) is 0.190. The summed E-state index contributed by atoms with van der Waals surface area (Å²) in [5, 5.41) is 12.0. The number of rotatable bonds is 4. The Kier molecular flexibility index (Phi) is 3.01. The van der Waals surface area contributed by atoms with Gasteiger partial charge in [-0.2, -0.15) is 0 Å². The molecule has 16 heavy (non-hydrogen) atoms. The number of aryl methyl sites for hydroxylation is 1. The van der Waals surface area contributed by atoms with E-state index in [1.807, 2.05) is 7.05 Å². The van der Waals surface area contributed by atoms with Gasteiger partial charge in [-0.25, -0.2) is 4.68 Å². The Bertz CT molecular complexity index is 401. The molecule has 6 heteroatoms. The van der Waals surface area contributed by atoms with Gasteiger partial charge in [0.1, 0.15) is 5.78 Å². The summed E-state index contributed by atoms with van der Waals surface area (Å²) in [4.78, 5) is 11.5. The largest absolute Gasteiger partial charge is 0.299 e. The SMILES string of the molecule is Cn1nnnc1SCCC1C(=O)CC1(C)C. The van der Waals surface area contributed by atoms with Crippen molar-refractivity contribution in [1.29, 1.82) is 0 Å². The number of hydrogen-bond acceptors (Lipinski definition) is 5. The van der Waals surface area contributed by atoms with Gasteiger partial charge in [-0.15, -0.1) is 5.10 Å². The van der Waals surface area contributed by atoms with Crippen molar-refractivity contribution in [2.45, 2.75) is 31.8 Å². The van der Waals surface area contributed by atoms with E-state index in [2.05, 4.69) is 29.4 Å². The van der Waals surface area contributed by atoms with E-state index in [0.717, 1.165) is 23.8 Å². The van der Waals surface area contributed by atoms with Crippen LogP contribution in [0, 0.1) is 11.3 Å². The van der Waals surface area contributed by atoms with Crippen LogP contribution in [0.1, 0.15) is 26.7 Å². The number of tetrazole rings is 1. The van der Waals surface area contributed by atoms with Crippen molar-refractivity contribution in [3.63, 3.8) is 0 Å². The van der Waals surface area contributed by atoms with E-state index < -0.39 is 0 Å². The smallest absolute Gasteiger partial charge is 0.209 e. The number of nitrogens with zero attached hydrogens (tertiary/aromatic N) is 4. The van der Waals surface area contributed by atoms with E-state index in [4.69, 9.17) is 0 Å². The van der Waals surface area contributed by atoms with Crippen molar-refractivity contribution in [1.82, 2.24) is 20.2 Å². The molecule has 1 heterocycles. The molecule has 0 radical (unpaired) electrons. The minimum absolute atomic E-state index is 0.190. The Labute approximate surface area is 99.0 Å². The highest BCUT2D eigenvalue weighted by Gasteiger charge is 2.45. The first-order valence-electron chi connectivity index (χ1n) is 5.38. The average molecular weight is 240 g/mol. The first kappa shape index (κ1) is 11.6. The Morgan fingerprint density at radius 2 is 2.31 bits per heavy atom. The van der Waals surface area contributed by atoms with Gasteiger partial charge < -0.3 is 0 Å². The van der Waals surface area contributed by atoms with Crippen LogP contribution in [0.15, 0.2) is 5.16 Å². The molecular weight excluding hydrogens is 224 g/mol. The summed E-state index contributed by atoms with van der Waals surface area (Å²) >= 11 is 1.61. The highest BCUT2D eigenvalue weighted by Crippen LogP contribution is 2.45. The van der Waals surface area contributed by atoms with Gasteiger partial charge in [0.05, 0.1) is 0 Å². The normalized spacial score (nSPS) is 23.2. The Morgan fingerprint density at radius 1 is 1.56 bits per heavy atom. The van der Waals surface area contributed by atoms with E-state index in [1.54, 1.807) is 16.4 Å². The Hall–Kier alpha value is -0.910. The molecule has 5 nitrogen and oxygen atoms in total. The van der Waals surface area contributed by atoms with Gasteiger partial charge in [-0.05, 0) is 22.3 Å². The van der Waals surface area contributed by atoms with Crippen LogP contribution in [-0.4, -0.2) is 31.7 Å². The van der Waals surface area contributed by atoms with Crippen LogP contribution in [0.2, 0.25) is 0 Å². The molecule has 1 aliphatic rings. The van der Waals surface area contributed by atoms with Crippen molar-refractivity contribution >= 4 is 17.5 Å². The van der Waals surface area contributed by atoms with E-state index in [0.29, 0.717) is 5.78 Å². The predicted octanol–water partition coefficient (Wildman–Crippen LogP) is 1.31. The predicted molar refractivity (Wildman–Crippen MR) is 61.0 cm³/mol. The van der Waals surface area contributed by atoms with Crippen LogP contribution in [0.3, 0.4) is 0 Å². The minimum Gasteiger partial charge on any atom is -0.299 e. The molecule has 2 rings (SSSR count). The maximum Gasteiger partial charge on any atom is 0.209 e. The molecule has 0 saturated heterocycles. The molecular formula is C10H16N4OS. The highest BCUT2D eigenvalue weighted by atomic mass is 32.2. The van der Waals surface area contributed by atoms with Crippen LogP contribution in [0.5, 0.6) is 0 Å². The standard InChI is InChI=1S/C10H16N4OS/c1-10(2)6-8(15)7(10)4-5-16-9-11-12-13-14(9)3/h7H,4-6H2,1-3H3. The summed E-state index contributed by atoms with van der Waals surface area (Å²) < 4.78 is 1.65. The third kappa shape index (κ3) is 2.11. The number of ketones is 1. The monoisotopic (exact) mass is 240 g/mol. The van der Waals surface area contributed by atoms with Gasteiger partial charge in [0.2, 0.25) is 5.16 Å². The zero-order valence-corrected chi connectivity index (χ0v) is 10.6. The summed E-state index contributed by atoms with van der Waals surface area (Å²) in [5.74, 6) is 1.52. The molecule has 1 atom stereocenters. The quantitative estimate of drug-likeness (QED) is 0.743. The molecule has 1 aromatic rings. The Morgan fingerprint density at radius 3 is 2.81 bits per heavy atom. The van der Waals surface area contributed by atoms with Crippen LogP contribution in [0.25, 0.3) is 0 Å². The first-order chi connectivity index (χ1) is 7.50. The third-order valence-corrected chi connectivity index (χ3v) is 4.22.